The quantitative estimate of drug-likeness (QED) is 0.189. The van der Waals surface area contributed by atoms with Crippen LogP contribution in [0.1, 0.15) is 52.9 Å². The lowest BCUT2D eigenvalue weighted by molar-refractivity contribution is -0.485. The maximum Gasteiger partial charge on any atom is 0.384 e. The summed E-state index contributed by atoms with van der Waals surface area (Å²) in [6.45, 7) is 10.0. The minimum absolute atomic E-state index is 0.107. The van der Waals surface area contributed by atoms with E-state index in [1.165, 1.54) is 0 Å². The third kappa shape index (κ3) is 3.99. The molecule has 0 spiro atoms. The molecule has 0 aliphatic heterocycles. The zero-order valence-corrected chi connectivity index (χ0v) is 18.8. The largest absolute Gasteiger partial charge is 0.417 e. The Morgan fingerprint density at radius 3 is 1.32 bits per heavy atom. The predicted molar refractivity (Wildman–Crippen MR) is 94.8 cm³/mol. The fourth-order valence-corrected chi connectivity index (χ4v) is 4.06. The molecule has 0 aromatic heterocycles. The van der Waals surface area contributed by atoms with Crippen LogP contribution in [0.4, 0.5) is 48.3 Å². The third-order valence-corrected chi connectivity index (χ3v) is 10.8. The van der Waals surface area contributed by atoms with Gasteiger partial charge in [-0.2, -0.15) is 43.9 Å². The number of rotatable bonds is 8. The Hall–Kier alpha value is -0.593. The molecule has 0 N–H and O–H groups in total. The van der Waals surface area contributed by atoms with Crippen LogP contribution in [0, 0.1) is 0 Å². The van der Waals surface area contributed by atoms with E-state index in [0.717, 1.165) is 0 Å². The summed E-state index contributed by atoms with van der Waals surface area (Å²) in [5.41, 5.74) is -5.85. The fourth-order valence-electron chi connectivity index (χ4n) is 2.97. The molecule has 0 saturated heterocycles. The van der Waals surface area contributed by atoms with E-state index in [1.54, 1.807) is 0 Å². The van der Waals surface area contributed by atoms with E-state index in [0.29, 0.717) is 6.42 Å². The van der Waals surface area contributed by atoms with Crippen molar-refractivity contribution < 1.29 is 52.7 Å². The lowest BCUT2D eigenvalue weighted by atomic mass is 9.70. The normalized spacial score (nSPS) is 25.9. The maximum atomic E-state index is 14.5. The molecule has 13 heteroatoms. The summed E-state index contributed by atoms with van der Waals surface area (Å²) < 4.78 is 156. The van der Waals surface area contributed by atoms with E-state index in [1.807, 2.05) is 33.9 Å². The molecule has 186 valence electrons. The van der Waals surface area contributed by atoms with Gasteiger partial charge in [-0.3, -0.25) is 0 Å². The van der Waals surface area contributed by atoms with E-state index in [9.17, 15) is 48.3 Å². The summed E-state index contributed by atoms with van der Waals surface area (Å²) in [4.78, 5) is 0. The molecule has 0 heterocycles. The van der Waals surface area contributed by atoms with Gasteiger partial charge in [0.1, 0.15) is 0 Å². The molecule has 0 aromatic carbocycles. The van der Waals surface area contributed by atoms with Gasteiger partial charge in [0.2, 0.25) is 5.67 Å². The number of hydrogen-bond acceptors (Lipinski definition) is 1. The first kappa shape index (κ1) is 28.4. The summed E-state index contributed by atoms with van der Waals surface area (Å²) in [5, 5.41) is -0.107. The summed E-state index contributed by atoms with van der Waals surface area (Å²) in [5.74, 6) is -34.6. The Morgan fingerprint density at radius 1 is 0.581 bits per heavy atom. The van der Waals surface area contributed by atoms with Crippen molar-refractivity contribution in [3.63, 3.8) is 0 Å². The SMILES string of the molecule is CC(C)(C)[Si](C)(C)OCCCCCCC1(F)C(F)(F)C(F)(F)C(F)(F)C(F)(F)C1(F)F. The van der Waals surface area contributed by atoms with Gasteiger partial charge in [0.05, 0.1) is 0 Å². The molecule has 0 radical (unpaired) electrons. The van der Waals surface area contributed by atoms with Crippen molar-refractivity contribution >= 4 is 8.32 Å². The molecule has 1 nitrogen and oxygen atoms in total. The summed E-state index contributed by atoms with van der Waals surface area (Å²) in [6.07, 6.45) is -2.91. The molecule has 1 aliphatic rings. The topological polar surface area (TPSA) is 9.23 Å². The number of hydrogen-bond donors (Lipinski definition) is 0. The second-order valence-electron chi connectivity index (χ2n) is 9.45. The first-order valence-electron chi connectivity index (χ1n) is 9.68. The zero-order chi connectivity index (χ0) is 24.9. The van der Waals surface area contributed by atoms with Gasteiger partial charge in [0, 0.05) is 6.61 Å². The van der Waals surface area contributed by atoms with Crippen LogP contribution in [0.15, 0.2) is 0 Å². The van der Waals surface area contributed by atoms with Gasteiger partial charge in [0.15, 0.2) is 8.32 Å². The van der Waals surface area contributed by atoms with Crippen LogP contribution in [-0.2, 0) is 4.43 Å². The molecule has 31 heavy (non-hydrogen) atoms. The molecule has 0 aromatic rings. The summed E-state index contributed by atoms with van der Waals surface area (Å²) in [7, 11) is -2.09. The predicted octanol–water partition coefficient (Wildman–Crippen LogP) is 7.86. The fraction of sp³-hybridized carbons (Fsp3) is 1.00. The number of unbranched alkanes of at least 4 members (excludes halogenated alkanes) is 3. The monoisotopic (exact) mass is 496 g/mol. The molecular weight excluding hydrogens is 469 g/mol. The highest BCUT2D eigenvalue weighted by atomic mass is 28.4. The molecule has 1 aliphatic carbocycles. The second-order valence-corrected chi connectivity index (χ2v) is 14.3. The molecule has 0 atom stereocenters. The van der Waals surface area contributed by atoms with E-state index in [4.69, 9.17) is 4.43 Å². The van der Waals surface area contributed by atoms with Crippen LogP contribution in [0.25, 0.3) is 0 Å². The maximum absolute atomic E-state index is 14.5. The van der Waals surface area contributed by atoms with Gasteiger partial charge in [-0.1, -0.05) is 33.6 Å². The van der Waals surface area contributed by atoms with Crippen molar-refractivity contribution in [3.8, 4) is 0 Å². The van der Waals surface area contributed by atoms with E-state index in [-0.39, 0.29) is 24.5 Å². The Bertz CT molecular complexity index is 611. The van der Waals surface area contributed by atoms with Crippen LogP contribution < -0.4 is 0 Å². The average Bonchev–Trinajstić information content (AvgIpc) is 2.57. The van der Waals surface area contributed by atoms with Gasteiger partial charge >= 0.3 is 29.6 Å². The van der Waals surface area contributed by atoms with Gasteiger partial charge in [-0.25, -0.2) is 4.39 Å². The Morgan fingerprint density at radius 2 is 0.935 bits per heavy atom. The highest BCUT2D eigenvalue weighted by Gasteiger charge is 3.00. The third-order valence-electron chi connectivity index (χ3n) is 6.26. The van der Waals surface area contributed by atoms with Crippen LogP contribution in [0.3, 0.4) is 0 Å². The first-order valence-corrected chi connectivity index (χ1v) is 12.6. The van der Waals surface area contributed by atoms with Gasteiger partial charge in [0.25, 0.3) is 0 Å². The van der Waals surface area contributed by atoms with Crippen molar-refractivity contribution in [1.82, 2.24) is 0 Å². The molecule has 1 rings (SSSR count). The standard InChI is InChI=1S/C18H27F11OSi/c1-12(2,3)31(4,5)30-11-9-7-6-8-10-13(19)14(20,21)16(24,25)18(28,29)17(26,27)15(13,22)23/h6-11H2,1-5H3. The van der Waals surface area contributed by atoms with Crippen molar-refractivity contribution in [2.24, 2.45) is 0 Å². The molecule has 1 saturated carbocycles. The smallest absolute Gasteiger partial charge is 0.384 e. The molecule has 0 unspecified atom stereocenters. The molecule has 0 bridgehead atoms. The van der Waals surface area contributed by atoms with Crippen LogP contribution in [0.2, 0.25) is 18.1 Å². The van der Waals surface area contributed by atoms with Crippen molar-refractivity contribution in [1.29, 1.82) is 0 Å². The molecule has 1 fully saturated rings. The van der Waals surface area contributed by atoms with Crippen molar-refractivity contribution in [2.75, 3.05) is 6.61 Å². The van der Waals surface area contributed by atoms with Crippen LogP contribution >= 0.6 is 0 Å². The Kier molecular flexibility index (Phi) is 7.35. The minimum atomic E-state index is -7.15. The van der Waals surface area contributed by atoms with Gasteiger partial charge in [-0.15, -0.1) is 0 Å². The molecular formula is C18H27F11OSi. The zero-order valence-electron chi connectivity index (χ0n) is 17.8. The second kappa shape index (κ2) is 8.02. The van der Waals surface area contributed by atoms with Crippen molar-refractivity contribution in [3.05, 3.63) is 0 Å². The molecule has 0 amide bonds. The van der Waals surface area contributed by atoms with Gasteiger partial charge in [-0.05, 0) is 37.4 Å². The Balaban J connectivity index is 2.84. The van der Waals surface area contributed by atoms with E-state index in [2.05, 4.69) is 0 Å². The average molecular weight is 496 g/mol. The van der Waals surface area contributed by atoms with Gasteiger partial charge < -0.3 is 4.43 Å². The summed E-state index contributed by atoms with van der Waals surface area (Å²) >= 11 is 0. The summed E-state index contributed by atoms with van der Waals surface area (Å²) in [6, 6.07) is 0. The lowest BCUT2D eigenvalue weighted by Crippen LogP contribution is -2.83. The van der Waals surface area contributed by atoms with E-state index < -0.39 is 56.4 Å². The van der Waals surface area contributed by atoms with Crippen LogP contribution in [0.5, 0.6) is 0 Å². The highest BCUT2D eigenvalue weighted by Crippen LogP contribution is 2.70. The minimum Gasteiger partial charge on any atom is -0.417 e. The number of alkyl halides is 11. The number of halogens is 11. The van der Waals surface area contributed by atoms with E-state index >= 15 is 0 Å². The van der Waals surface area contributed by atoms with Crippen LogP contribution in [-0.4, -0.2) is 50.2 Å². The lowest BCUT2D eigenvalue weighted by Gasteiger charge is -2.52. The highest BCUT2D eigenvalue weighted by molar-refractivity contribution is 6.74. The Labute approximate surface area is 174 Å². The van der Waals surface area contributed by atoms with Crippen molar-refractivity contribution in [2.45, 2.75) is 106 Å². The first-order chi connectivity index (χ1) is 13.5.